The van der Waals surface area contributed by atoms with Gasteiger partial charge in [-0.3, -0.25) is 9.59 Å². The lowest BCUT2D eigenvalue weighted by atomic mass is 10.2. The second-order valence-corrected chi connectivity index (χ2v) is 6.29. The summed E-state index contributed by atoms with van der Waals surface area (Å²) in [6.45, 7) is 1.65. The van der Waals surface area contributed by atoms with E-state index in [1.165, 1.54) is 6.92 Å². The molecule has 0 aliphatic rings. The number of hydrogen-bond donors (Lipinski definition) is 3. The van der Waals surface area contributed by atoms with Crippen LogP contribution < -0.4 is 15.4 Å². The van der Waals surface area contributed by atoms with Gasteiger partial charge in [-0.1, -0.05) is 18.2 Å². The van der Waals surface area contributed by atoms with Gasteiger partial charge >= 0.3 is 0 Å². The number of carbonyl (C=O) groups is 2. The maximum atomic E-state index is 11.7. The van der Waals surface area contributed by atoms with Crippen molar-refractivity contribution in [2.45, 2.75) is 6.92 Å². The SMILES string of the molecule is CCS(=O)(=O)NCCNC(=O)CNC(=O)c1ccccc1. The number of hydrogen-bond acceptors (Lipinski definition) is 4. The van der Waals surface area contributed by atoms with Crippen LogP contribution in [0.5, 0.6) is 0 Å². The van der Waals surface area contributed by atoms with E-state index < -0.39 is 10.0 Å². The minimum absolute atomic E-state index is 0.00587. The number of amides is 2. The molecule has 0 spiro atoms. The van der Waals surface area contributed by atoms with E-state index in [0.717, 1.165) is 0 Å². The summed E-state index contributed by atoms with van der Waals surface area (Å²) in [5, 5.41) is 4.98. The molecule has 3 N–H and O–H groups in total. The van der Waals surface area contributed by atoms with Gasteiger partial charge < -0.3 is 10.6 Å². The lowest BCUT2D eigenvalue weighted by Crippen LogP contribution is -2.40. The predicted octanol–water partition coefficient (Wildman–Crippen LogP) is -0.528. The molecule has 0 unspecified atom stereocenters. The zero-order chi connectivity index (χ0) is 15.7. The molecule has 0 aromatic heterocycles. The second kappa shape index (κ2) is 8.38. The molecular weight excluding hydrogens is 294 g/mol. The molecular formula is C13H19N3O4S. The molecule has 1 aromatic rings. The highest BCUT2D eigenvalue weighted by atomic mass is 32.2. The van der Waals surface area contributed by atoms with Gasteiger partial charge in [0.05, 0.1) is 12.3 Å². The van der Waals surface area contributed by atoms with Gasteiger partial charge in [-0.25, -0.2) is 13.1 Å². The van der Waals surface area contributed by atoms with E-state index in [-0.39, 0.29) is 37.2 Å². The fraction of sp³-hybridized carbons (Fsp3) is 0.385. The van der Waals surface area contributed by atoms with Crippen molar-refractivity contribution in [3.63, 3.8) is 0 Å². The molecule has 0 radical (unpaired) electrons. The Bertz CT molecular complexity index is 572. The van der Waals surface area contributed by atoms with Gasteiger partial charge in [0.25, 0.3) is 5.91 Å². The molecule has 0 bridgehead atoms. The van der Waals surface area contributed by atoms with Gasteiger partial charge in [-0.05, 0) is 19.1 Å². The molecule has 0 saturated heterocycles. The zero-order valence-corrected chi connectivity index (χ0v) is 12.6. The van der Waals surface area contributed by atoms with E-state index in [9.17, 15) is 18.0 Å². The van der Waals surface area contributed by atoms with Crippen molar-refractivity contribution >= 4 is 21.8 Å². The Morgan fingerprint density at radius 2 is 1.71 bits per heavy atom. The molecule has 0 fully saturated rings. The third-order valence-electron chi connectivity index (χ3n) is 2.59. The standard InChI is InChI=1S/C13H19N3O4S/c1-2-21(19,20)16-9-8-14-12(17)10-15-13(18)11-6-4-3-5-7-11/h3-7,16H,2,8-10H2,1H3,(H,14,17)(H,15,18). The fourth-order valence-corrected chi connectivity index (χ4v) is 2.04. The average molecular weight is 313 g/mol. The highest BCUT2D eigenvalue weighted by molar-refractivity contribution is 7.89. The van der Waals surface area contributed by atoms with Crippen molar-refractivity contribution in [2.24, 2.45) is 0 Å². The maximum Gasteiger partial charge on any atom is 0.251 e. The van der Waals surface area contributed by atoms with E-state index in [4.69, 9.17) is 0 Å². The summed E-state index contributed by atoms with van der Waals surface area (Å²) in [7, 11) is -3.25. The van der Waals surface area contributed by atoms with Gasteiger partial charge in [0, 0.05) is 18.7 Å². The average Bonchev–Trinajstić information content (AvgIpc) is 2.50. The molecule has 116 valence electrons. The van der Waals surface area contributed by atoms with Crippen LogP contribution in [0.2, 0.25) is 0 Å². The van der Waals surface area contributed by atoms with E-state index in [1.807, 2.05) is 0 Å². The lowest BCUT2D eigenvalue weighted by molar-refractivity contribution is -0.120. The topological polar surface area (TPSA) is 104 Å². The molecule has 0 aliphatic carbocycles. The molecule has 0 heterocycles. The lowest BCUT2D eigenvalue weighted by Gasteiger charge is -2.08. The fourth-order valence-electron chi connectivity index (χ4n) is 1.43. The van der Waals surface area contributed by atoms with Crippen LogP contribution in [0.15, 0.2) is 30.3 Å². The number of sulfonamides is 1. The Morgan fingerprint density at radius 1 is 1.05 bits per heavy atom. The third-order valence-corrected chi connectivity index (χ3v) is 4.00. The molecule has 0 atom stereocenters. The molecule has 21 heavy (non-hydrogen) atoms. The summed E-state index contributed by atoms with van der Waals surface area (Å²) >= 11 is 0. The molecule has 1 aromatic carbocycles. The third kappa shape index (κ3) is 6.87. The number of nitrogens with one attached hydrogen (secondary N) is 3. The summed E-state index contributed by atoms with van der Waals surface area (Å²) in [6.07, 6.45) is 0. The second-order valence-electron chi connectivity index (χ2n) is 4.20. The highest BCUT2D eigenvalue weighted by Gasteiger charge is 2.08. The summed E-state index contributed by atoms with van der Waals surface area (Å²) in [4.78, 5) is 23.1. The molecule has 0 aliphatic heterocycles. The van der Waals surface area contributed by atoms with Crippen molar-refractivity contribution < 1.29 is 18.0 Å². The number of benzene rings is 1. The van der Waals surface area contributed by atoms with Crippen molar-refractivity contribution in [2.75, 3.05) is 25.4 Å². The molecule has 1 rings (SSSR count). The van der Waals surface area contributed by atoms with Gasteiger partial charge in [0.15, 0.2) is 0 Å². The molecule has 2 amide bonds. The van der Waals surface area contributed by atoms with E-state index >= 15 is 0 Å². The van der Waals surface area contributed by atoms with E-state index in [0.29, 0.717) is 5.56 Å². The molecule has 0 saturated carbocycles. The Morgan fingerprint density at radius 3 is 2.33 bits per heavy atom. The Kier molecular flexibility index (Phi) is 6.83. The van der Waals surface area contributed by atoms with Gasteiger partial charge in [0.1, 0.15) is 0 Å². The van der Waals surface area contributed by atoms with Crippen LogP contribution in [0.4, 0.5) is 0 Å². The first kappa shape index (κ1) is 17.1. The van der Waals surface area contributed by atoms with Crippen molar-refractivity contribution in [3.05, 3.63) is 35.9 Å². The first-order valence-electron chi connectivity index (χ1n) is 6.52. The van der Waals surface area contributed by atoms with Crippen molar-refractivity contribution in [1.29, 1.82) is 0 Å². The predicted molar refractivity (Wildman–Crippen MR) is 79.2 cm³/mol. The van der Waals surface area contributed by atoms with E-state index in [1.54, 1.807) is 30.3 Å². The summed E-state index contributed by atoms with van der Waals surface area (Å²) in [5.41, 5.74) is 0.473. The van der Waals surface area contributed by atoms with Crippen molar-refractivity contribution in [3.8, 4) is 0 Å². The normalized spacial score (nSPS) is 10.9. The minimum Gasteiger partial charge on any atom is -0.353 e. The van der Waals surface area contributed by atoms with E-state index in [2.05, 4.69) is 15.4 Å². The first-order valence-corrected chi connectivity index (χ1v) is 8.17. The first-order chi connectivity index (χ1) is 9.94. The number of carbonyl (C=O) groups excluding carboxylic acids is 2. The summed E-state index contributed by atoms with van der Waals surface area (Å²) in [5.74, 6) is -0.721. The maximum absolute atomic E-state index is 11.7. The molecule has 8 heteroatoms. The Balaban J connectivity index is 2.21. The van der Waals surface area contributed by atoms with Crippen LogP contribution >= 0.6 is 0 Å². The summed E-state index contributed by atoms with van der Waals surface area (Å²) < 4.78 is 24.6. The van der Waals surface area contributed by atoms with Crippen molar-refractivity contribution in [1.82, 2.24) is 15.4 Å². The van der Waals surface area contributed by atoms with Crippen LogP contribution in [0.1, 0.15) is 17.3 Å². The Labute approximate surface area is 124 Å². The van der Waals surface area contributed by atoms with Crippen LogP contribution in [0, 0.1) is 0 Å². The summed E-state index contributed by atoms with van der Waals surface area (Å²) in [6, 6.07) is 8.55. The quantitative estimate of drug-likeness (QED) is 0.561. The largest absolute Gasteiger partial charge is 0.353 e. The van der Waals surface area contributed by atoms with Gasteiger partial charge in [-0.15, -0.1) is 0 Å². The molecule has 7 nitrogen and oxygen atoms in total. The van der Waals surface area contributed by atoms with Gasteiger partial charge in [0.2, 0.25) is 15.9 Å². The van der Waals surface area contributed by atoms with Gasteiger partial charge in [-0.2, -0.15) is 0 Å². The highest BCUT2D eigenvalue weighted by Crippen LogP contribution is 1.97. The van der Waals surface area contributed by atoms with Crippen LogP contribution in [-0.4, -0.2) is 45.6 Å². The number of rotatable bonds is 8. The minimum atomic E-state index is -3.25. The van der Waals surface area contributed by atoms with Crippen LogP contribution in [-0.2, 0) is 14.8 Å². The Hall–Kier alpha value is -1.93. The zero-order valence-electron chi connectivity index (χ0n) is 11.8. The monoisotopic (exact) mass is 313 g/mol. The smallest absolute Gasteiger partial charge is 0.251 e. The van der Waals surface area contributed by atoms with Crippen LogP contribution in [0.25, 0.3) is 0 Å². The van der Waals surface area contributed by atoms with Crippen LogP contribution in [0.3, 0.4) is 0 Å².